The summed E-state index contributed by atoms with van der Waals surface area (Å²) in [6.45, 7) is 11.7. The largest absolute Gasteiger partial charge is 0.367 e. The molecule has 32 heavy (non-hydrogen) atoms. The maximum atomic E-state index is 13.3. The number of benzene rings is 2. The molecular weight excluding hydrogens is 398 g/mol. The second kappa shape index (κ2) is 9.22. The van der Waals surface area contributed by atoms with Crippen molar-refractivity contribution in [3.63, 3.8) is 0 Å². The Morgan fingerprint density at radius 1 is 1.03 bits per heavy atom. The van der Waals surface area contributed by atoms with Crippen molar-refractivity contribution >= 4 is 17.4 Å². The van der Waals surface area contributed by atoms with Crippen LogP contribution in [0, 0.1) is 11.3 Å². The molecule has 1 N–H and O–H groups in total. The fourth-order valence-electron chi connectivity index (χ4n) is 4.90. The Hall–Kier alpha value is -3.04. The molecule has 0 aliphatic carbocycles. The third-order valence-electron chi connectivity index (χ3n) is 7.01. The quantitative estimate of drug-likeness (QED) is 0.785. The van der Waals surface area contributed by atoms with Crippen molar-refractivity contribution in [3.8, 4) is 6.07 Å². The Labute approximate surface area is 191 Å². The summed E-state index contributed by atoms with van der Waals surface area (Å²) >= 11 is 0. The fraction of sp³-hybridized carbons (Fsp3) is 0.462. The predicted octanol–water partition coefficient (Wildman–Crippen LogP) is 4.28. The van der Waals surface area contributed by atoms with Gasteiger partial charge >= 0.3 is 6.03 Å². The van der Waals surface area contributed by atoms with Crippen LogP contribution in [-0.4, -0.2) is 61.1 Å². The summed E-state index contributed by atoms with van der Waals surface area (Å²) in [7, 11) is 0. The molecule has 168 valence electrons. The van der Waals surface area contributed by atoms with Gasteiger partial charge in [0, 0.05) is 50.7 Å². The molecule has 4 rings (SSSR count). The number of hydrogen-bond donors (Lipinski definition) is 1. The van der Waals surface area contributed by atoms with Gasteiger partial charge in [-0.1, -0.05) is 43.3 Å². The highest BCUT2D eigenvalue weighted by Gasteiger charge is 2.37. The van der Waals surface area contributed by atoms with Gasteiger partial charge < -0.3 is 15.1 Å². The molecule has 2 saturated heterocycles. The van der Waals surface area contributed by atoms with Crippen molar-refractivity contribution in [2.45, 2.75) is 38.6 Å². The van der Waals surface area contributed by atoms with E-state index in [0.717, 1.165) is 38.3 Å². The number of nitriles is 1. The predicted molar refractivity (Wildman–Crippen MR) is 129 cm³/mol. The fourth-order valence-corrected chi connectivity index (χ4v) is 4.90. The summed E-state index contributed by atoms with van der Waals surface area (Å²) in [6.07, 6.45) is 0.925. The van der Waals surface area contributed by atoms with Crippen LogP contribution in [0.3, 0.4) is 0 Å². The van der Waals surface area contributed by atoms with E-state index in [1.807, 2.05) is 23.1 Å². The molecule has 2 aliphatic rings. The lowest BCUT2D eigenvalue weighted by molar-refractivity contribution is 0.209. The van der Waals surface area contributed by atoms with E-state index in [2.05, 4.69) is 66.2 Å². The van der Waals surface area contributed by atoms with Crippen LogP contribution in [0.1, 0.15) is 38.3 Å². The molecule has 2 aromatic carbocycles. The molecule has 6 nitrogen and oxygen atoms in total. The van der Waals surface area contributed by atoms with Crippen LogP contribution in [0.2, 0.25) is 0 Å². The first-order chi connectivity index (χ1) is 15.4. The molecule has 6 heteroatoms. The number of rotatable bonds is 4. The maximum Gasteiger partial charge on any atom is 0.321 e. The van der Waals surface area contributed by atoms with E-state index < -0.39 is 0 Å². The lowest BCUT2D eigenvalue weighted by Crippen LogP contribution is -2.49. The number of para-hydroxylation sites is 1. The minimum Gasteiger partial charge on any atom is -0.367 e. The molecule has 2 amide bonds. The zero-order valence-electron chi connectivity index (χ0n) is 19.3. The second-order valence-corrected chi connectivity index (χ2v) is 9.46. The van der Waals surface area contributed by atoms with Gasteiger partial charge in [0.1, 0.15) is 6.07 Å². The van der Waals surface area contributed by atoms with Crippen LogP contribution in [-0.2, 0) is 5.41 Å². The van der Waals surface area contributed by atoms with Gasteiger partial charge in [-0.15, -0.1) is 0 Å². The first kappa shape index (κ1) is 22.2. The highest BCUT2D eigenvalue weighted by atomic mass is 16.2. The van der Waals surface area contributed by atoms with Crippen LogP contribution in [0.4, 0.5) is 16.2 Å². The Balaban J connectivity index is 1.51. The normalized spacial score (nSPS) is 21.6. The lowest BCUT2D eigenvalue weighted by atomic mass is 9.82. The van der Waals surface area contributed by atoms with E-state index >= 15 is 0 Å². The van der Waals surface area contributed by atoms with Gasteiger partial charge in [0.25, 0.3) is 0 Å². The minimum atomic E-state index is -0.130. The summed E-state index contributed by atoms with van der Waals surface area (Å²) in [4.78, 5) is 19.9. The third-order valence-corrected chi connectivity index (χ3v) is 7.01. The number of nitrogens with one attached hydrogen (secondary N) is 1. The van der Waals surface area contributed by atoms with Crippen molar-refractivity contribution in [2.24, 2.45) is 0 Å². The first-order valence-corrected chi connectivity index (χ1v) is 11.5. The van der Waals surface area contributed by atoms with Gasteiger partial charge in [-0.3, -0.25) is 4.90 Å². The van der Waals surface area contributed by atoms with E-state index in [-0.39, 0.29) is 11.4 Å². The number of likely N-dealkylation sites (tertiary alicyclic amines) is 1. The number of amides is 2. The second-order valence-electron chi connectivity index (χ2n) is 9.46. The molecule has 1 atom stereocenters. The summed E-state index contributed by atoms with van der Waals surface area (Å²) in [5, 5.41) is 12.8. The molecule has 2 heterocycles. The number of piperazine rings is 1. The van der Waals surface area contributed by atoms with Gasteiger partial charge in [-0.05, 0) is 38.0 Å². The zero-order valence-corrected chi connectivity index (χ0v) is 19.3. The van der Waals surface area contributed by atoms with Crippen molar-refractivity contribution in [2.75, 3.05) is 49.5 Å². The van der Waals surface area contributed by atoms with Crippen LogP contribution < -0.4 is 10.2 Å². The molecule has 0 aromatic heterocycles. The van der Waals surface area contributed by atoms with Gasteiger partial charge in [0.2, 0.25) is 0 Å². The Morgan fingerprint density at radius 2 is 1.75 bits per heavy atom. The number of nitrogens with zero attached hydrogens (tertiary/aromatic N) is 4. The number of hydrogen-bond acceptors (Lipinski definition) is 4. The smallest absolute Gasteiger partial charge is 0.321 e. The molecule has 2 fully saturated rings. The van der Waals surface area contributed by atoms with Crippen molar-refractivity contribution in [3.05, 3.63) is 59.7 Å². The van der Waals surface area contributed by atoms with Crippen LogP contribution >= 0.6 is 0 Å². The zero-order chi connectivity index (χ0) is 22.7. The molecule has 0 saturated carbocycles. The molecule has 2 aliphatic heterocycles. The van der Waals surface area contributed by atoms with Gasteiger partial charge in [0.05, 0.1) is 16.9 Å². The molecule has 0 unspecified atom stereocenters. The Kier molecular flexibility index (Phi) is 6.38. The first-order valence-electron chi connectivity index (χ1n) is 11.5. The highest BCUT2D eigenvalue weighted by molar-refractivity contribution is 5.95. The lowest BCUT2D eigenvalue weighted by Gasteiger charge is -2.39. The van der Waals surface area contributed by atoms with Crippen molar-refractivity contribution in [1.29, 1.82) is 5.26 Å². The van der Waals surface area contributed by atoms with E-state index in [0.29, 0.717) is 30.4 Å². The Morgan fingerprint density at radius 3 is 2.41 bits per heavy atom. The van der Waals surface area contributed by atoms with Crippen molar-refractivity contribution in [1.82, 2.24) is 9.80 Å². The number of carbonyl (C=O) groups excluding carboxylic acids is 1. The van der Waals surface area contributed by atoms with Crippen LogP contribution in [0.5, 0.6) is 0 Å². The standard InChI is InChI=1S/C26H33N5O/c1-20(2)29-14-16-30(17-15-29)23-11-7-8-21(18-27)24(23)28-25(32)31-13-12-26(3,19-31)22-9-5-4-6-10-22/h4-11,20H,12-17,19H2,1-3H3,(H,28,32)/t26-/m1/s1. The monoisotopic (exact) mass is 431 g/mol. The third kappa shape index (κ3) is 4.44. The average molecular weight is 432 g/mol. The molecule has 0 bridgehead atoms. The van der Waals surface area contributed by atoms with Crippen LogP contribution in [0.15, 0.2) is 48.5 Å². The number of urea groups is 1. The summed E-state index contributed by atoms with van der Waals surface area (Å²) in [5.41, 5.74) is 3.28. The summed E-state index contributed by atoms with van der Waals surface area (Å²) in [5.74, 6) is 0. The average Bonchev–Trinajstić information content (AvgIpc) is 3.23. The van der Waals surface area contributed by atoms with Gasteiger partial charge in [-0.25, -0.2) is 4.79 Å². The summed E-state index contributed by atoms with van der Waals surface area (Å²) in [6, 6.07) is 18.8. The van der Waals surface area contributed by atoms with E-state index in [1.54, 1.807) is 6.07 Å². The van der Waals surface area contributed by atoms with Crippen molar-refractivity contribution < 1.29 is 4.79 Å². The Bertz CT molecular complexity index is 991. The molecule has 2 aromatic rings. The van der Waals surface area contributed by atoms with E-state index in [1.165, 1.54) is 5.56 Å². The topological polar surface area (TPSA) is 62.6 Å². The molecule has 0 radical (unpaired) electrons. The molecule has 0 spiro atoms. The highest BCUT2D eigenvalue weighted by Crippen LogP contribution is 2.35. The van der Waals surface area contributed by atoms with E-state index in [4.69, 9.17) is 0 Å². The maximum absolute atomic E-state index is 13.3. The summed E-state index contributed by atoms with van der Waals surface area (Å²) < 4.78 is 0. The van der Waals surface area contributed by atoms with Crippen LogP contribution in [0.25, 0.3) is 0 Å². The minimum absolute atomic E-state index is 0.0522. The van der Waals surface area contributed by atoms with Gasteiger partial charge in [-0.2, -0.15) is 5.26 Å². The SMILES string of the molecule is CC(C)N1CCN(c2cccc(C#N)c2NC(=O)N2CC[C@@](C)(c3ccccc3)C2)CC1. The number of anilines is 2. The molecular formula is C26H33N5O. The van der Waals surface area contributed by atoms with Gasteiger partial charge in [0.15, 0.2) is 0 Å². The number of carbonyl (C=O) groups is 1. The van der Waals surface area contributed by atoms with E-state index in [9.17, 15) is 10.1 Å².